The Kier molecular flexibility index (Phi) is 1.39. The van der Waals surface area contributed by atoms with Crippen LogP contribution in [0.15, 0.2) is 12.2 Å². The Bertz CT molecular complexity index is 101. The largest absolute Gasteiger partial charge is 0.322 e. The van der Waals surface area contributed by atoms with Crippen LogP contribution in [0.25, 0.3) is 0 Å². The molecule has 8 heavy (non-hydrogen) atoms. The van der Waals surface area contributed by atoms with Gasteiger partial charge in [0.15, 0.2) is 0 Å². The van der Waals surface area contributed by atoms with Crippen LogP contribution in [0.1, 0.15) is 26.2 Å². The lowest BCUT2D eigenvalue weighted by atomic mass is 10.2. The number of hydrogen-bond donors (Lipinski definition) is 1. The molecule has 1 heteroatoms. The Labute approximate surface area is 50.6 Å². The van der Waals surface area contributed by atoms with Crippen molar-refractivity contribution in [3.63, 3.8) is 0 Å². The molecule has 0 saturated heterocycles. The fraction of sp³-hybridized carbons (Fsp3) is 0.714. The van der Waals surface area contributed by atoms with Gasteiger partial charge in [0.1, 0.15) is 0 Å². The van der Waals surface area contributed by atoms with Crippen LogP contribution in [-0.2, 0) is 0 Å². The molecule has 46 valence electrons. The number of nitrogens with two attached hydrogens (primary N) is 1. The van der Waals surface area contributed by atoms with E-state index in [-0.39, 0.29) is 5.54 Å². The lowest BCUT2D eigenvalue weighted by Gasteiger charge is -1.95. The lowest BCUT2D eigenvalue weighted by Crippen LogP contribution is -2.17. The predicted molar refractivity (Wildman–Crippen MR) is 35.6 cm³/mol. The summed E-state index contributed by atoms with van der Waals surface area (Å²) in [5.74, 6) is 0. The molecule has 0 heterocycles. The highest BCUT2D eigenvalue weighted by Gasteiger charge is 2.34. The molecule has 0 atom stereocenters. The van der Waals surface area contributed by atoms with Crippen LogP contribution >= 0.6 is 0 Å². The highest BCUT2D eigenvalue weighted by atomic mass is 14.8. The van der Waals surface area contributed by atoms with E-state index in [1.807, 2.05) is 0 Å². The highest BCUT2D eigenvalue weighted by Crippen LogP contribution is 2.33. The molecule has 1 aliphatic carbocycles. The van der Waals surface area contributed by atoms with E-state index in [1.165, 1.54) is 12.8 Å². The van der Waals surface area contributed by atoms with Crippen LogP contribution in [0.5, 0.6) is 0 Å². The number of rotatable bonds is 2. The Morgan fingerprint density at radius 2 is 2.25 bits per heavy atom. The van der Waals surface area contributed by atoms with Crippen molar-refractivity contribution in [1.29, 1.82) is 0 Å². The topological polar surface area (TPSA) is 26.0 Å². The van der Waals surface area contributed by atoms with E-state index in [1.54, 1.807) is 0 Å². The third kappa shape index (κ3) is 1.34. The Morgan fingerprint density at radius 1 is 1.62 bits per heavy atom. The van der Waals surface area contributed by atoms with Gasteiger partial charge in [-0.15, -0.1) is 0 Å². The van der Waals surface area contributed by atoms with Gasteiger partial charge in [-0.2, -0.15) is 0 Å². The second-order valence-corrected chi connectivity index (χ2v) is 2.54. The molecule has 1 aliphatic rings. The molecule has 0 aromatic rings. The van der Waals surface area contributed by atoms with E-state index < -0.39 is 0 Å². The van der Waals surface area contributed by atoms with Crippen molar-refractivity contribution in [3.05, 3.63) is 12.2 Å². The first kappa shape index (κ1) is 5.83. The molecule has 0 aromatic carbocycles. The fourth-order valence-corrected chi connectivity index (χ4v) is 0.664. The van der Waals surface area contributed by atoms with Crippen molar-refractivity contribution >= 4 is 0 Å². The van der Waals surface area contributed by atoms with E-state index in [4.69, 9.17) is 5.73 Å². The predicted octanol–water partition coefficient (Wildman–Crippen LogP) is 1.44. The molecule has 0 bridgehead atoms. The first-order valence-corrected chi connectivity index (χ1v) is 3.23. The molecular weight excluding hydrogens is 98.1 g/mol. The Hall–Kier alpha value is -0.300. The maximum atomic E-state index is 5.75. The Balaban J connectivity index is 2.27. The van der Waals surface area contributed by atoms with E-state index in [2.05, 4.69) is 19.1 Å². The lowest BCUT2D eigenvalue weighted by molar-refractivity contribution is 0.850. The van der Waals surface area contributed by atoms with Gasteiger partial charge in [0, 0.05) is 5.54 Å². The first-order valence-electron chi connectivity index (χ1n) is 3.23. The van der Waals surface area contributed by atoms with E-state index in [9.17, 15) is 0 Å². The summed E-state index contributed by atoms with van der Waals surface area (Å²) in [6.07, 6.45) is 7.76. The second kappa shape index (κ2) is 1.90. The van der Waals surface area contributed by atoms with Crippen molar-refractivity contribution in [2.24, 2.45) is 5.73 Å². The average Bonchev–Trinajstić information content (AvgIpc) is 2.45. The minimum atomic E-state index is 0.121. The van der Waals surface area contributed by atoms with E-state index in [0.717, 1.165) is 6.42 Å². The molecule has 0 aromatic heterocycles. The van der Waals surface area contributed by atoms with Crippen LogP contribution in [0.3, 0.4) is 0 Å². The minimum Gasteiger partial charge on any atom is -0.322 e. The zero-order valence-electron chi connectivity index (χ0n) is 5.35. The summed E-state index contributed by atoms with van der Waals surface area (Å²) in [4.78, 5) is 0. The van der Waals surface area contributed by atoms with Gasteiger partial charge < -0.3 is 5.73 Å². The summed E-state index contributed by atoms with van der Waals surface area (Å²) in [7, 11) is 0. The van der Waals surface area contributed by atoms with Gasteiger partial charge in [-0.1, -0.05) is 19.1 Å². The van der Waals surface area contributed by atoms with Gasteiger partial charge >= 0.3 is 0 Å². The standard InChI is InChI=1S/C7H13N/c1-2-3-4-7(8)5-6-7/h3-4H,2,5-6,8H2,1H3/b4-3-. The molecule has 0 spiro atoms. The maximum Gasteiger partial charge on any atom is 0.0340 e. The smallest absolute Gasteiger partial charge is 0.0340 e. The van der Waals surface area contributed by atoms with Gasteiger partial charge in [0.25, 0.3) is 0 Å². The molecule has 0 amide bonds. The SMILES string of the molecule is CC/C=C\C1(N)CC1. The molecule has 0 aliphatic heterocycles. The van der Waals surface area contributed by atoms with E-state index in [0.29, 0.717) is 0 Å². The Morgan fingerprint density at radius 3 is 2.62 bits per heavy atom. The molecular formula is C7H13N. The van der Waals surface area contributed by atoms with Crippen molar-refractivity contribution in [2.75, 3.05) is 0 Å². The number of hydrogen-bond acceptors (Lipinski definition) is 1. The van der Waals surface area contributed by atoms with Gasteiger partial charge in [0.05, 0.1) is 0 Å². The summed E-state index contributed by atoms with van der Waals surface area (Å²) in [6.45, 7) is 2.13. The molecule has 1 rings (SSSR count). The van der Waals surface area contributed by atoms with Crippen LogP contribution < -0.4 is 5.73 Å². The van der Waals surface area contributed by atoms with Crippen molar-refractivity contribution in [2.45, 2.75) is 31.7 Å². The zero-order valence-corrected chi connectivity index (χ0v) is 5.35. The normalized spacial score (nSPS) is 24.2. The molecule has 2 N–H and O–H groups in total. The van der Waals surface area contributed by atoms with Crippen LogP contribution in [-0.4, -0.2) is 5.54 Å². The van der Waals surface area contributed by atoms with Crippen molar-refractivity contribution in [3.8, 4) is 0 Å². The van der Waals surface area contributed by atoms with Gasteiger partial charge in [-0.05, 0) is 19.3 Å². The number of allylic oxidation sites excluding steroid dienone is 1. The monoisotopic (exact) mass is 111 g/mol. The highest BCUT2D eigenvalue weighted by molar-refractivity contribution is 5.14. The molecule has 1 nitrogen and oxygen atoms in total. The van der Waals surface area contributed by atoms with Crippen LogP contribution in [0, 0.1) is 0 Å². The molecule has 0 unspecified atom stereocenters. The maximum absolute atomic E-state index is 5.75. The third-order valence-corrected chi connectivity index (χ3v) is 1.51. The quantitative estimate of drug-likeness (QED) is 0.536. The van der Waals surface area contributed by atoms with Gasteiger partial charge in [0.2, 0.25) is 0 Å². The minimum absolute atomic E-state index is 0.121. The molecule has 1 fully saturated rings. The molecule has 1 saturated carbocycles. The second-order valence-electron chi connectivity index (χ2n) is 2.54. The van der Waals surface area contributed by atoms with Crippen molar-refractivity contribution < 1.29 is 0 Å². The van der Waals surface area contributed by atoms with Crippen LogP contribution in [0.4, 0.5) is 0 Å². The first-order chi connectivity index (χ1) is 3.77. The van der Waals surface area contributed by atoms with Gasteiger partial charge in [-0.3, -0.25) is 0 Å². The fourth-order valence-electron chi connectivity index (χ4n) is 0.664. The molecule has 0 radical (unpaired) electrons. The summed E-state index contributed by atoms with van der Waals surface area (Å²) in [5, 5.41) is 0. The summed E-state index contributed by atoms with van der Waals surface area (Å²) in [6, 6.07) is 0. The van der Waals surface area contributed by atoms with Crippen molar-refractivity contribution in [1.82, 2.24) is 0 Å². The zero-order chi connectivity index (χ0) is 6.04. The summed E-state index contributed by atoms with van der Waals surface area (Å²) in [5.41, 5.74) is 5.87. The van der Waals surface area contributed by atoms with E-state index >= 15 is 0 Å². The summed E-state index contributed by atoms with van der Waals surface area (Å²) < 4.78 is 0. The van der Waals surface area contributed by atoms with Gasteiger partial charge in [-0.25, -0.2) is 0 Å². The third-order valence-electron chi connectivity index (χ3n) is 1.51. The van der Waals surface area contributed by atoms with Crippen LogP contribution in [0.2, 0.25) is 0 Å². The average molecular weight is 111 g/mol. The summed E-state index contributed by atoms with van der Waals surface area (Å²) >= 11 is 0.